The molecule has 21 nitrogen and oxygen atoms in total. The summed E-state index contributed by atoms with van der Waals surface area (Å²) in [6.07, 6.45) is -19.7. The Balaban J connectivity index is 2.43. The maximum atomic E-state index is 13.6. The van der Waals surface area contributed by atoms with Crippen molar-refractivity contribution in [3.63, 3.8) is 0 Å². The highest BCUT2D eigenvalue weighted by Gasteiger charge is 2.74. The van der Waals surface area contributed by atoms with E-state index in [0.717, 1.165) is 62.3 Å². The number of nitrogens with zero attached hydrogens (tertiary/aromatic N) is 2. The molecule has 52 heavy (non-hydrogen) atoms. The van der Waals surface area contributed by atoms with Crippen molar-refractivity contribution in [1.82, 2.24) is 4.90 Å². The second-order valence-corrected chi connectivity index (χ2v) is 11.3. The van der Waals surface area contributed by atoms with E-state index in [9.17, 15) is 45.9 Å². The predicted octanol–water partition coefficient (Wildman–Crippen LogP) is -1.22. The van der Waals surface area contributed by atoms with Gasteiger partial charge in [-0.25, -0.2) is 0 Å². The molecule has 1 amide bonds. The van der Waals surface area contributed by atoms with Gasteiger partial charge in [0.1, 0.15) is 25.4 Å². The van der Waals surface area contributed by atoms with E-state index < -0.39 is 133 Å². The Morgan fingerprint density at radius 1 is 0.673 bits per heavy atom. The average Bonchev–Trinajstić information content (AvgIpc) is 3.37. The molecule has 10 atom stereocenters. The minimum absolute atomic E-state index is 0.487. The summed E-state index contributed by atoms with van der Waals surface area (Å²) in [6.45, 7) is 5.82. The van der Waals surface area contributed by atoms with Crippen LogP contribution in [0.3, 0.4) is 0 Å². The number of hydrogen-bond acceptors (Lipinski definition) is 20. The van der Waals surface area contributed by atoms with Gasteiger partial charge in [-0.1, -0.05) is 0 Å². The van der Waals surface area contributed by atoms with E-state index in [1.807, 2.05) is 0 Å². The van der Waals surface area contributed by atoms with Crippen LogP contribution in [0.2, 0.25) is 0 Å². The summed E-state index contributed by atoms with van der Waals surface area (Å²) >= 11 is 0. The highest BCUT2D eigenvalue weighted by atomic mass is 16.7. The third kappa shape index (κ3) is 9.50. The Morgan fingerprint density at radius 2 is 1.19 bits per heavy atom. The van der Waals surface area contributed by atoms with Crippen LogP contribution in [0.4, 0.5) is 0 Å². The topological polar surface area (TPSA) is 262 Å². The summed E-state index contributed by atoms with van der Waals surface area (Å²) in [5.41, 5.74) is -2.95. The van der Waals surface area contributed by atoms with Crippen LogP contribution in [0.15, 0.2) is 4.99 Å². The minimum atomic E-state index is -3.21. The van der Waals surface area contributed by atoms with Gasteiger partial charge in [-0.3, -0.25) is 48.1 Å². The van der Waals surface area contributed by atoms with Crippen LogP contribution in [-0.2, 0) is 90.5 Å². The molecular formula is C31H40N2O19. The van der Waals surface area contributed by atoms with Gasteiger partial charge in [0.05, 0.1) is 4.11 Å². The highest BCUT2D eigenvalue weighted by Crippen LogP contribution is 2.47. The van der Waals surface area contributed by atoms with Crippen LogP contribution >= 0.6 is 0 Å². The second-order valence-electron chi connectivity index (χ2n) is 11.3. The van der Waals surface area contributed by atoms with E-state index in [1.54, 1.807) is 0 Å². The number of ether oxygens (including phenoxy) is 10. The molecule has 2 aliphatic heterocycles. The van der Waals surface area contributed by atoms with Gasteiger partial charge in [0.15, 0.2) is 42.8 Å². The third-order valence-corrected chi connectivity index (χ3v) is 7.00. The summed E-state index contributed by atoms with van der Waals surface area (Å²) < 4.78 is 81.8. The van der Waals surface area contributed by atoms with Crippen molar-refractivity contribution in [2.45, 2.75) is 123 Å². The van der Waals surface area contributed by atoms with E-state index in [4.69, 9.17) is 48.7 Å². The Morgan fingerprint density at radius 3 is 1.67 bits per heavy atom. The predicted molar refractivity (Wildman–Crippen MR) is 163 cm³/mol. The van der Waals surface area contributed by atoms with E-state index in [0.29, 0.717) is 4.90 Å². The van der Waals surface area contributed by atoms with Gasteiger partial charge in [0.2, 0.25) is 11.5 Å². The zero-order chi connectivity index (χ0) is 42.0. The van der Waals surface area contributed by atoms with Gasteiger partial charge >= 0.3 is 47.8 Å². The molecule has 1 aliphatic carbocycles. The first-order valence-corrected chi connectivity index (χ1v) is 15.3. The first-order chi connectivity index (χ1) is 25.2. The first-order valence-electron chi connectivity index (χ1n) is 16.8. The number of carbonyl (C=O) groups is 9. The van der Waals surface area contributed by atoms with Gasteiger partial charge in [0, 0.05) is 62.3 Å². The third-order valence-electron chi connectivity index (χ3n) is 7.00. The van der Waals surface area contributed by atoms with Gasteiger partial charge < -0.3 is 47.4 Å². The molecule has 0 aromatic heterocycles. The van der Waals surface area contributed by atoms with Crippen LogP contribution in [0.5, 0.6) is 0 Å². The molecule has 288 valence electrons. The van der Waals surface area contributed by atoms with Crippen LogP contribution in [0.1, 0.15) is 66.4 Å². The quantitative estimate of drug-likeness (QED) is 0.177. The molecule has 0 bridgehead atoms. The lowest BCUT2D eigenvalue weighted by molar-refractivity contribution is -0.251. The Kier molecular flexibility index (Phi) is 11.8. The number of fused-ring (bicyclic) bond motifs is 1. The Hall–Kier alpha value is -5.34. The van der Waals surface area contributed by atoms with E-state index >= 15 is 0 Å². The Labute approximate surface area is 300 Å². The normalized spacial score (nSPS) is 36.3. The second kappa shape index (κ2) is 16.8. The summed E-state index contributed by atoms with van der Waals surface area (Å²) in [5, 5.41) is 0. The fraction of sp³-hybridized carbons (Fsp3) is 0.677. The molecule has 1 saturated carbocycles. The number of carbonyl (C=O) groups excluding carboxylic acids is 9. The van der Waals surface area contributed by atoms with Gasteiger partial charge in [0.25, 0.3) is 6.02 Å². The monoisotopic (exact) mass is 747 g/mol. The fourth-order valence-electron chi connectivity index (χ4n) is 5.54. The van der Waals surface area contributed by atoms with Crippen LogP contribution in [-0.4, -0.2) is 138 Å². The number of amides is 1. The molecule has 0 radical (unpaired) electrons. The summed E-state index contributed by atoms with van der Waals surface area (Å²) in [6, 6.07) is -3.23. The number of amidine groups is 1. The standard InChI is InChI=1S/C31H40N2O19/c1-12(34)33-27-24(25(47-17(6)39)28(49-19(8)41)31(27,52-20(9)42)11-44-14(3)36)51-30(33)32-29-26(48-18(7)40)23(46-16(5)38)22(45-15(4)37)21(50-29)10-43-13(2)35/h21-29H,10-11H2,1-9H3/b32-30-/t21-,22-,23+,24-,25-,26-,27-,28+,29+,31+/m1/s1/i22D,24D,28D. The van der Waals surface area contributed by atoms with Gasteiger partial charge in [-0.2, -0.15) is 4.99 Å². The lowest BCUT2D eigenvalue weighted by Gasteiger charge is -2.43. The number of hydrogen-bond donors (Lipinski definition) is 0. The fourth-order valence-corrected chi connectivity index (χ4v) is 5.54. The molecule has 0 aromatic carbocycles. The molecule has 3 fully saturated rings. The largest absolute Gasteiger partial charge is 0.463 e. The van der Waals surface area contributed by atoms with E-state index in [-0.39, 0.29) is 0 Å². The number of aliphatic imine (C=N–C) groups is 1. The summed E-state index contributed by atoms with van der Waals surface area (Å²) in [7, 11) is 0. The molecule has 0 unspecified atom stereocenters. The highest BCUT2D eigenvalue weighted by molar-refractivity contribution is 5.96. The molecule has 0 N–H and O–H groups in total. The molecule has 0 aromatic rings. The average molecular weight is 748 g/mol. The molecular weight excluding hydrogens is 704 g/mol. The lowest BCUT2D eigenvalue weighted by Crippen LogP contribution is -2.63. The van der Waals surface area contributed by atoms with E-state index in [1.165, 1.54) is 0 Å². The van der Waals surface area contributed by atoms with Crippen molar-refractivity contribution in [3.8, 4) is 0 Å². The Bertz CT molecular complexity index is 1680. The van der Waals surface area contributed by atoms with Crippen molar-refractivity contribution in [2.24, 2.45) is 4.99 Å². The van der Waals surface area contributed by atoms with E-state index in [2.05, 4.69) is 4.99 Å². The van der Waals surface area contributed by atoms with Crippen LogP contribution in [0, 0.1) is 0 Å². The van der Waals surface area contributed by atoms with Crippen LogP contribution in [0.25, 0.3) is 0 Å². The SMILES string of the molecule is [2H][C@]1(OC(C)=O)[C@H](OC(C)=O)[C@@H](OC(C)=O)[C@@H](/N=C2\O[C@]3([2H])[C@@H](OC(C)=O)[C@]([2H])(OC(C)=O)[C@@](COC(C)=O)(OC(C)=O)[C@@H]3N2C(C)=O)O[C@@H]1COC(C)=O. The molecule has 21 heteroatoms. The van der Waals surface area contributed by atoms with Crippen molar-refractivity contribution >= 4 is 59.7 Å². The minimum Gasteiger partial charge on any atom is -0.463 e. The van der Waals surface area contributed by atoms with Crippen molar-refractivity contribution in [3.05, 3.63) is 0 Å². The molecule has 2 heterocycles. The smallest absolute Gasteiger partial charge is 0.303 e. The zero-order valence-electron chi connectivity index (χ0n) is 32.5. The first kappa shape index (κ1) is 36.5. The summed E-state index contributed by atoms with van der Waals surface area (Å²) in [4.78, 5) is 117. The lowest BCUT2D eigenvalue weighted by atomic mass is 9.94. The molecule has 3 aliphatic rings. The zero-order valence-corrected chi connectivity index (χ0v) is 29.5. The molecule has 0 spiro atoms. The van der Waals surface area contributed by atoms with Crippen molar-refractivity contribution < 1.29 is 94.6 Å². The van der Waals surface area contributed by atoms with Gasteiger partial charge in [-0.15, -0.1) is 0 Å². The molecule has 2 saturated heterocycles. The van der Waals surface area contributed by atoms with Crippen molar-refractivity contribution in [2.75, 3.05) is 13.2 Å². The van der Waals surface area contributed by atoms with Crippen LogP contribution < -0.4 is 0 Å². The number of esters is 8. The van der Waals surface area contributed by atoms with Crippen molar-refractivity contribution in [1.29, 1.82) is 0 Å². The number of rotatable bonds is 11. The maximum Gasteiger partial charge on any atom is 0.303 e. The summed E-state index contributed by atoms with van der Waals surface area (Å²) in [5.74, 6) is -10.1. The molecule has 3 rings (SSSR count). The van der Waals surface area contributed by atoms with Gasteiger partial charge in [-0.05, 0) is 0 Å². The maximum absolute atomic E-state index is 13.6.